The Morgan fingerprint density at radius 1 is 0.649 bits per heavy atom. The van der Waals surface area contributed by atoms with Crippen LogP contribution in [-0.2, 0) is 13.6 Å². The highest BCUT2D eigenvalue weighted by molar-refractivity contribution is 7.00. The highest BCUT2D eigenvalue weighted by Gasteiger charge is 2.54. The Kier molecular flexibility index (Phi) is 11.9. The Morgan fingerprint density at radius 3 is 1.54 bits per heavy atom. The first-order valence-electron chi connectivity index (χ1n) is 20.0. The number of ether oxygens (including phenoxy) is 2. The zero-order valence-electron chi connectivity index (χ0n) is 34.4. The van der Waals surface area contributed by atoms with Gasteiger partial charge in [-0.3, -0.25) is 0 Å². The van der Waals surface area contributed by atoms with Crippen LogP contribution in [0.5, 0.6) is 5.88 Å². The molecule has 11 heteroatoms. The number of hydrogen-bond donors (Lipinski definition) is 1. The Balaban J connectivity index is 1.30. The van der Waals surface area contributed by atoms with Crippen LogP contribution in [0.3, 0.4) is 0 Å². The fourth-order valence-electron chi connectivity index (χ4n) is 8.98. The number of aromatic nitrogens is 4. The smallest absolute Gasteiger partial charge is 0.261 e. The number of imidazole rings is 1. The molecule has 4 aromatic carbocycles. The van der Waals surface area contributed by atoms with Crippen LogP contribution in [0.2, 0.25) is 10.1 Å². The lowest BCUT2D eigenvalue weighted by Crippen LogP contribution is -2.68. The quantitative estimate of drug-likeness (QED) is 0.0898. The lowest BCUT2D eigenvalue weighted by Gasteiger charge is -2.51. The molecule has 0 amide bonds. The molecule has 2 N–H and O–H groups in total. The van der Waals surface area contributed by atoms with Crippen molar-refractivity contribution in [2.24, 2.45) is 11.8 Å². The number of nitrogens with two attached hydrogens (primary N) is 1. The van der Waals surface area contributed by atoms with Gasteiger partial charge in [0.15, 0.2) is 11.2 Å². The van der Waals surface area contributed by atoms with Crippen molar-refractivity contribution >= 4 is 54.5 Å². The van der Waals surface area contributed by atoms with E-state index in [1.165, 1.54) is 20.7 Å². The Hall–Kier alpha value is -4.66. The van der Waals surface area contributed by atoms with E-state index in [-0.39, 0.29) is 33.9 Å². The van der Waals surface area contributed by atoms with Crippen molar-refractivity contribution in [1.82, 2.24) is 19.5 Å². The molecule has 6 aromatic rings. The maximum atomic E-state index is 7.69. The zero-order valence-corrected chi connectivity index (χ0v) is 36.4. The molecule has 3 atom stereocenters. The molecule has 2 aromatic heterocycles. The second-order valence-corrected chi connectivity index (χ2v) is 25.8. The number of fused-ring (bicyclic) bond motifs is 1. The van der Waals surface area contributed by atoms with E-state index in [1.807, 2.05) is 6.33 Å². The topological polar surface area (TPSA) is 107 Å². The summed E-state index contributed by atoms with van der Waals surface area (Å²) in [6.07, 6.45) is 2.73. The average molecular weight is 800 g/mol. The highest BCUT2D eigenvalue weighted by Crippen LogP contribution is 2.48. The molecule has 0 unspecified atom stereocenters. The van der Waals surface area contributed by atoms with Gasteiger partial charge >= 0.3 is 0 Å². The first kappa shape index (κ1) is 40.5. The van der Waals surface area contributed by atoms with Gasteiger partial charge in [0, 0.05) is 32.3 Å². The molecule has 1 fully saturated rings. The summed E-state index contributed by atoms with van der Waals surface area (Å²) < 4.78 is 28.7. The molecular formula is C46H57N5O4Si2. The van der Waals surface area contributed by atoms with E-state index in [9.17, 15) is 0 Å². The number of methoxy groups -OCH3 is 1. The molecule has 9 nitrogen and oxygen atoms in total. The van der Waals surface area contributed by atoms with Crippen LogP contribution in [0.15, 0.2) is 128 Å². The predicted octanol–water partition coefficient (Wildman–Crippen LogP) is 6.76. The van der Waals surface area contributed by atoms with Crippen molar-refractivity contribution in [3.8, 4) is 5.88 Å². The molecule has 0 spiro atoms. The summed E-state index contributed by atoms with van der Waals surface area (Å²) in [7, 11) is -4.01. The van der Waals surface area contributed by atoms with Crippen LogP contribution >= 0.6 is 0 Å². The average Bonchev–Trinajstić information content (AvgIpc) is 3.61. The second kappa shape index (κ2) is 16.7. The summed E-state index contributed by atoms with van der Waals surface area (Å²) in [6, 6.07) is 43.5. The van der Waals surface area contributed by atoms with Gasteiger partial charge in [0.2, 0.25) is 11.8 Å². The molecule has 2 heterocycles. The molecule has 7 rings (SSSR count). The van der Waals surface area contributed by atoms with E-state index in [0.29, 0.717) is 43.5 Å². The largest absolute Gasteiger partial charge is 0.474 e. The van der Waals surface area contributed by atoms with E-state index in [1.54, 1.807) is 7.11 Å². The minimum atomic E-state index is -2.86. The maximum Gasteiger partial charge on any atom is 0.261 e. The van der Waals surface area contributed by atoms with Crippen molar-refractivity contribution < 1.29 is 18.3 Å². The van der Waals surface area contributed by atoms with Gasteiger partial charge in [0.25, 0.3) is 16.6 Å². The van der Waals surface area contributed by atoms with Crippen molar-refractivity contribution in [2.75, 3.05) is 39.3 Å². The number of benzene rings is 4. The molecule has 1 aliphatic rings. The molecule has 1 aliphatic carbocycles. The first-order chi connectivity index (χ1) is 27.4. The van der Waals surface area contributed by atoms with Gasteiger partial charge in [0.05, 0.1) is 12.9 Å². The summed E-state index contributed by atoms with van der Waals surface area (Å²) in [5.74, 6) is 0.780. The third-order valence-electron chi connectivity index (χ3n) is 11.8. The fourth-order valence-corrected chi connectivity index (χ4v) is 18.2. The van der Waals surface area contributed by atoms with Crippen molar-refractivity contribution in [3.63, 3.8) is 0 Å². The predicted molar refractivity (Wildman–Crippen MR) is 235 cm³/mol. The van der Waals surface area contributed by atoms with Crippen LogP contribution in [0.4, 0.5) is 5.95 Å². The van der Waals surface area contributed by atoms with Crippen LogP contribution in [-0.4, -0.2) is 69.7 Å². The van der Waals surface area contributed by atoms with Gasteiger partial charge in [-0.2, -0.15) is 9.97 Å². The van der Waals surface area contributed by atoms with E-state index in [4.69, 9.17) is 34.0 Å². The van der Waals surface area contributed by atoms with Gasteiger partial charge in [-0.1, -0.05) is 163 Å². The van der Waals surface area contributed by atoms with E-state index in [0.717, 1.165) is 6.42 Å². The Morgan fingerprint density at radius 2 is 1.11 bits per heavy atom. The minimum absolute atomic E-state index is 0.0297. The number of nitrogens with zero attached hydrogens (tertiary/aromatic N) is 4. The number of rotatable bonds is 15. The van der Waals surface area contributed by atoms with Crippen molar-refractivity contribution in [2.45, 2.75) is 64.1 Å². The SMILES string of the molecule is COCCOc1nc(N)nc2c1ncn2[C@@H]1C[C@H](CO[Si](c2ccccc2)(c2ccccc2)C(C)(C)C)[C@@H]1CO[Si](c1ccccc1)(c1ccccc1)C(C)(C)C. The van der Waals surface area contributed by atoms with Gasteiger partial charge in [0.1, 0.15) is 6.61 Å². The van der Waals surface area contributed by atoms with Crippen LogP contribution in [0, 0.1) is 11.8 Å². The van der Waals surface area contributed by atoms with Gasteiger partial charge in [-0.25, -0.2) is 4.98 Å². The van der Waals surface area contributed by atoms with E-state index in [2.05, 4.69) is 172 Å². The lowest BCUT2D eigenvalue weighted by atomic mass is 9.70. The summed E-state index contributed by atoms with van der Waals surface area (Å²) in [5.41, 5.74) is 7.55. The first-order valence-corrected chi connectivity index (χ1v) is 23.8. The number of anilines is 1. The normalized spacial score (nSPS) is 17.7. The molecule has 298 valence electrons. The molecule has 0 saturated heterocycles. The maximum absolute atomic E-state index is 7.69. The summed E-state index contributed by atoms with van der Waals surface area (Å²) >= 11 is 0. The van der Waals surface area contributed by atoms with Gasteiger partial charge in [-0.15, -0.1) is 0 Å². The third kappa shape index (κ3) is 7.71. The minimum Gasteiger partial charge on any atom is -0.474 e. The second-order valence-electron chi connectivity index (χ2n) is 17.2. The van der Waals surface area contributed by atoms with Crippen LogP contribution < -0.4 is 31.2 Å². The highest BCUT2D eigenvalue weighted by atomic mass is 28.4. The summed E-state index contributed by atoms with van der Waals surface area (Å²) in [6.45, 7) is 15.9. The van der Waals surface area contributed by atoms with Gasteiger partial charge < -0.3 is 28.6 Å². The molecule has 57 heavy (non-hydrogen) atoms. The Bertz CT molecular complexity index is 2130. The zero-order chi connectivity index (χ0) is 40.3. The number of hydrogen-bond acceptors (Lipinski definition) is 8. The third-order valence-corrected chi connectivity index (χ3v) is 21.8. The fraction of sp³-hybridized carbons (Fsp3) is 0.370. The van der Waals surface area contributed by atoms with E-state index < -0.39 is 16.6 Å². The monoisotopic (exact) mass is 799 g/mol. The lowest BCUT2D eigenvalue weighted by molar-refractivity contribution is 0.00315. The summed E-state index contributed by atoms with van der Waals surface area (Å²) in [5, 5.41) is 4.74. The van der Waals surface area contributed by atoms with Crippen molar-refractivity contribution in [1.29, 1.82) is 0 Å². The van der Waals surface area contributed by atoms with Crippen LogP contribution in [0.1, 0.15) is 54.0 Å². The molecule has 1 saturated carbocycles. The Labute approximate surface area is 339 Å². The molecular weight excluding hydrogens is 743 g/mol. The molecule has 0 bridgehead atoms. The molecule has 0 aliphatic heterocycles. The number of nitrogen functional groups attached to an aromatic ring is 1. The molecule has 0 radical (unpaired) electrons. The van der Waals surface area contributed by atoms with E-state index >= 15 is 0 Å². The van der Waals surface area contributed by atoms with Crippen LogP contribution in [0.25, 0.3) is 11.2 Å². The van der Waals surface area contributed by atoms with Crippen molar-refractivity contribution in [3.05, 3.63) is 128 Å². The standard InChI is InChI=1S/C46H57N5O4Si2/c1-45(2,3)56(35-20-12-8-13-21-35,36-22-14-9-15-23-36)54-31-34-30-40(51-33-48-41-42(51)49-44(47)50-43(41)53-29-28-52-7)39(34)32-55-57(46(4,5)6,37-24-16-10-17-25-37)38-26-18-11-19-27-38/h8-27,33-34,39-40H,28-32H2,1-7H3,(H2,47,49,50)/t34-,39+,40-/m1/s1. The summed E-state index contributed by atoms with van der Waals surface area (Å²) in [4.78, 5) is 13.9. The van der Waals surface area contributed by atoms with Gasteiger partial charge in [-0.05, 0) is 43.2 Å².